The molecule has 1 aromatic heterocycles. The maximum absolute atomic E-state index is 13.5. The fourth-order valence-electron chi connectivity index (χ4n) is 3.69. The summed E-state index contributed by atoms with van der Waals surface area (Å²) in [6.07, 6.45) is 0. The van der Waals surface area contributed by atoms with Gasteiger partial charge in [0.25, 0.3) is 0 Å². The van der Waals surface area contributed by atoms with Gasteiger partial charge in [-0.1, -0.05) is 60.7 Å². The maximum Gasteiger partial charge on any atom is 0.201 e. The van der Waals surface area contributed by atoms with E-state index in [2.05, 4.69) is 15.9 Å². The van der Waals surface area contributed by atoms with Crippen molar-refractivity contribution in [2.24, 2.45) is 5.73 Å². The second kappa shape index (κ2) is 6.95. The highest BCUT2D eigenvalue weighted by molar-refractivity contribution is 9.10. The van der Waals surface area contributed by atoms with Gasteiger partial charge in [-0.15, -0.1) is 0 Å². The monoisotopic (exact) mass is 447 g/mol. The highest BCUT2D eigenvalue weighted by atomic mass is 79.9. The van der Waals surface area contributed by atoms with Gasteiger partial charge < -0.3 is 14.9 Å². The average Bonchev–Trinajstić information content (AvgIpc) is 2.73. The Balaban J connectivity index is 1.76. The summed E-state index contributed by atoms with van der Waals surface area (Å²) >= 11 is 3.51. The van der Waals surface area contributed by atoms with Gasteiger partial charge in [-0.05, 0) is 39.2 Å². The second-order valence-corrected chi connectivity index (χ2v) is 8.20. The van der Waals surface area contributed by atoms with Gasteiger partial charge in [0.1, 0.15) is 5.76 Å². The van der Waals surface area contributed by atoms with Crippen LogP contribution in [0.15, 0.2) is 86.5 Å². The van der Waals surface area contributed by atoms with Crippen LogP contribution in [0.25, 0.3) is 33.4 Å². The molecule has 4 aromatic rings. The number of para-hydroxylation sites is 1. The van der Waals surface area contributed by atoms with Crippen molar-refractivity contribution >= 4 is 26.9 Å². The summed E-state index contributed by atoms with van der Waals surface area (Å²) < 4.78 is 12.3. The van der Waals surface area contributed by atoms with Crippen LogP contribution >= 0.6 is 15.9 Å². The lowest BCUT2D eigenvalue weighted by Gasteiger charge is -2.38. The summed E-state index contributed by atoms with van der Waals surface area (Å²) in [4.78, 5) is 13.5. The minimum Gasteiger partial charge on any atom is -0.454 e. The van der Waals surface area contributed by atoms with Crippen molar-refractivity contribution in [1.29, 1.82) is 0 Å². The number of benzene rings is 3. The molecule has 5 heteroatoms. The fraction of sp³-hybridized carbons (Fsp3) is 0.125. The largest absolute Gasteiger partial charge is 0.454 e. The first kappa shape index (κ1) is 18.3. The molecule has 1 fully saturated rings. The Morgan fingerprint density at radius 1 is 0.862 bits per heavy atom. The topological polar surface area (TPSA) is 65.5 Å². The summed E-state index contributed by atoms with van der Waals surface area (Å²) in [5.41, 5.74) is 9.58. The molecule has 0 aliphatic carbocycles. The normalized spacial score (nSPS) is 15.2. The number of rotatable bonds is 3. The van der Waals surface area contributed by atoms with E-state index in [-0.39, 0.29) is 5.43 Å². The van der Waals surface area contributed by atoms with Crippen molar-refractivity contribution in [2.75, 3.05) is 13.2 Å². The minimum absolute atomic E-state index is 0.0615. The van der Waals surface area contributed by atoms with E-state index < -0.39 is 5.54 Å². The van der Waals surface area contributed by atoms with Crippen LogP contribution in [0, 0.1) is 0 Å². The molecule has 144 valence electrons. The molecule has 1 aliphatic rings. The number of hydrogen-bond donors (Lipinski definition) is 1. The van der Waals surface area contributed by atoms with E-state index in [0.29, 0.717) is 35.5 Å². The molecule has 0 saturated carbocycles. The fourth-order valence-corrected chi connectivity index (χ4v) is 4.14. The first-order valence-electron chi connectivity index (χ1n) is 9.35. The first-order valence-corrected chi connectivity index (χ1v) is 10.1. The molecule has 2 N–H and O–H groups in total. The lowest BCUT2D eigenvalue weighted by atomic mass is 9.88. The van der Waals surface area contributed by atoms with Gasteiger partial charge in [0.05, 0.1) is 34.2 Å². The Hall–Kier alpha value is -2.73. The molecule has 4 nitrogen and oxygen atoms in total. The van der Waals surface area contributed by atoms with E-state index in [4.69, 9.17) is 14.9 Å². The zero-order chi connectivity index (χ0) is 20.0. The van der Waals surface area contributed by atoms with E-state index in [1.165, 1.54) is 0 Å². The molecule has 3 aromatic carbocycles. The zero-order valence-electron chi connectivity index (χ0n) is 15.5. The standard InChI is InChI=1S/C24H18BrNO3/c25-19-8-4-7-18-21(27)20(22(29-23(18)19)16-5-2-1-3-6-16)15-9-11-17(12-10-15)24(26)13-28-14-24/h1-12H,13-14,26H2. The quantitative estimate of drug-likeness (QED) is 0.475. The molecule has 1 aliphatic heterocycles. The Bertz CT molecular complexity index is 1260. The smallest absolute Gasteiger partial charge is 0.201 e. The molecule has 0 amide bonds. The van der Waals surface area contributed by atoms with Crippen molar-refractivity contribution in [3.8, 4) is 22.5 Å². The minimum atomic E-state index is -0.445. The molecule has 5 rings (SSSR count). The van der Waals surface area contributed by atoms with E-state index in [0.717, 1.165) is 21.2 Å². The molecule has 2 heterocycles. The van der Waals surface area contributed by atoms with Gasteiger partial charge in [0, 0.05) is 5.56 Å². The number of ether oxygens (including phenoxy) is 1. The van der Waals surface area contributed by atoms with Crippen LogP contribution in [0.1, 0.15) is 5.56 Å². The van der Waals surface area contributed by atoms with Crippen LogP contribution in [0.2, 0.25) is 0 Å². The number of fused-ring (bicyclic) bond motifs is 1. The molecular weight excluding hydrogens is 430 g/mol. The number of halogens is 1. The van der Waals surface area contributed by atoms with Crippen molar-refractivity contribution in [3.63, 3.8) is 0 Å². The molecule has 0 atom stereocenters. The number of hydrogen-bond acceptors (Lipinski definition) is 4. The second-order valence-electron chi connectivity index (χ2n) is 7.34. The van der Waals surface area contributed by atoms with E-state index in [1.807, 2.05) is 66.7 Å². The molecule has 0 bridgehead atoms. The Labute approximate surface area is 176 Å². The summed E-state index contributed by atoms with van der Waals surface area (Å²) in [7, 11) is 0. The molecule has 29 heavy (non-hydrogen) atoms. The number of nitrogens with two attached hydrogens (primary N) is 1. The first-order chi connectivity index (χ1) is 14.1. The third kappa shape index (κ3) is 3.02. The third-order valence-corrected chi connectivity index (χ3v) is 6.00. The third-order valence-electron chi connectivity index (χ3n) is 5.37. The van der Waals surface area contributed by atoms with Crippen LogP contribution in [0.4, 0.5) is 0 Å². The van der Waals surface area contributed by atoms with Gasteiger partial charge in [0.2, 0.25) is 5.43 Å². The van der Waals surface area contributed by atoms with Crippen molar-refractivity contribution < 1.29 is 9.15 Å². The summed E-state index contributed by atoms with van der Waals surface area (Å²) in [6, 6.07) is 23.0. The summed E-state index contributed by atoms with van der Waals surface area (Å²) in [5.74, 6) is 0.553. The molecule has 0 spiro atoms. The van der Waals surface area contributed by atoms with Gasteiger partial charge >= 0.3 is 0 Å². The average molecular weight is 448 g/mol. The lowest BCUT2D eigenvalue weighted by molar-refractivity contribution is -0.0569. The van der Waals surface area contributed by atoms with Gasteiger partial charge in [-0.3, -0.25) is 4.79 Å². The van der Waals surface area contributed by atoms with E-state index in [9.17, 15) is 4.79 Å². The van der Waals surface area contributed by atoms with E-state index in [1.54, 1.807) is 6.07 Å². The molecule has 0 radical (unpaired) electrons. The zero-order valence-corrected chi connectivity index (χ0v) is 17.1. The Kier molecular flexibility index (Phi) is 4.39. The SMILES string of the molecule is NC1(c2ccc(-c3c(-c4ccccc4)oc4c(Br)cccc4c3=O)cc2)COC1. The van der Waals surface area contributed by atoms with Crippen LogP contribution in [0.5, 0.6) is 0 Å². The van der Waals surface area contributed by atoms with Crippen molar-refractivity contribution in [1.82, 2.24) is 0 Å². The predicted octanol–water partition coefficient (Wildman–Crippen LogP) is 5.07. The Morgan fingerprint density at radius 3 is 2.24 bits per heavy atom. The predicted molar refractivity (Wildman–Crippen MR) is 118 cm³/mol. The maximum atomic E-state index is 13.5. The summed E-state index contributed by atoms with van der Waals surface area (Å²) in [6.45, 7) is 1.02. The van der Waals surface area contributed by atoms with Crippen LogP contribution in [0.3, 0.4) is 0 Å². The van der Waals surface area contributed by atoms with Crippen LogP contribution in [-0.4, -0.2) is 13.2 Å². The van der Waals surface area contributed by atoms with Crippen LogP contribution < -0.4 is 11.2 Å². The van der Waals surface area contributed by atoms with Gasteiger partial charge in [-0.2, -0.15) is 0 Å². The highest BCUT2D eigenvalue weighted by Gasteiger charge is 2.36. The van der Waals surface area contributed by atoms with Crippen molar-refractivity contribution in [3.05, 3.63) is 93.1 Å². The summed E-state index contributed by atoms with van der Waals surface area (Å²) in [5, 5.41) is 0.542. The van der Waals surface area contributed by atoms with Gasteiger partial charge in [-0.25, -0.2) is 0 Å². The molecule has 0 unspecified atom stereocenters. The van der Waals surface area contributed by atoms with Crippen molar-refractivity contribution in [2.45, 2.75) is 5.54 Å². The lowest BCUT2D eigenvalue weighted by Crippen LogP contribution is -2.54. The van der Waals surface area contributed by atoms with E-state index >= 15 is 0 Å². The Morgan fingerprint density at radius 2 is 1.59 bits per heavy atom. The highest BCUT2D eigenvalue weighted by Crippen LogP contribution is 2.35. The molecule has 1 saturated heterocycles. The van der Waals surface area contributed by atoms with Crippen LogP contribution in [-0.2, 0) is 10.3 Å². The van der Waals surface area contributed by atoms with Gasteiger partial charge in [0.15, 0.2) is 5.58 Å². The molecular formula is C24H18BrNO3.